The van der Waals surface area contributed by atoms with E-state index in [-0.39, 0.29) is 33.7 Å². The van der Waals surface area contributed by atoms with Gasteiger partial charge in [0.25, 0.3) is 0 Å². The van der Waals surface area contributed by atoms with E-state index in [0.717, 1.165) is 57.6 Å². The molecule has 0 amide bonds. The zero-order chi connectivity index (χ0) is 28.0. The molecule has 4 heterocycles. The Labute approximate surface area is 235 Å². The molecule has 220 valence electrons. The number of nitrogens with zero attached hydrogens (tertiary/aromatic N) is 1. The Hall–Kier alpha value is -0.456. The largest absolute Gasteiger partial charge is 0.414 e. The van der Waals surface area contributed by atoms with Crippen molar-refractivity contribution in [3.63, 3.8) is 0 Å². The second kappa shape index (κ2) is 10.7. The van der Waals surface area contributed by atoms with E-state index >= 15 is 0 Å². The second-order valence-electron chi connectivity index (χ2n) is 15.5. The van der Waals surface area contributed by atoms with E-state index in [2.05, 4.69) is 82.9 Å². The molecule has 0 aromatic carbocycles. The lowest BCUT2D eigenvalue weighted by Crippen LogP contribution is -2.71. The van der Waals surface area contributed by atoms with Crippen LogP contribution in [0, 0.1) is 0 Å². The molecular weight excluding hydrogens is 511 g/mol. The van der Waals surface area contributed by atoms with E-state index in [1.165, 1.54) is 12.8 Å². The van der Waals surface area contributed by atoms with Crippen molar-refractivity contribution in [3.05, 3.63) is 0 Å². The quantitative estimate of drug-likeness (QED) is 0.307. The van der Waals surface area contributed by atoms with Gasteiger partial charge in [-0.1, -0.05) is 41.5 Å². The summed E-state index contributed by atoms with van der Waals surface area (Å²) in [6, 6.07) is 0. The van der Waals surface area contributed by atoms with Crippen molar-refractivity contribution in [3.8, 4) is 0 Å². The first-order chi connectivity index (χ1) is 17.5. The van der Waals surface area contributed by atoms with Gasteiger partial charge in [0.2, 0.25) is 0 Å². The van der Waals surface area contributed by atoms with E-state index in [0.29, 0.717) is 13.2 Å². The van der Waals surface area contributed by atoms with E-state index in [1.807, 2.05) is 0 Å². The summed E-state index contributed by atoms with van der Waals surface area (Å²) >= 11 is 0. The van der Waals surface area contributed by atoms with Crippen molar-refractivity contribution < 1.29 is 22.9 Å². The number of guanidine groups is 1. The molecule has 9 heteroatoms. The summed E-state index contributed by atoms with van der Waals surface area (Å²) in [6.07, 6.45) is 8.88. The molecule has 2 saturated heterocycles. The van der Waals surface area contributed by atoms with Gasteiger partial charge in [-0.3, -0.25) is 4.58 Å². The van der Waals surface area contributed by atoms with Crippen LogP contribution in [0.5, 0.6) is 0 Å². The fourth-order valence-electron chi connectivity index (χ4n) is 5.64. The van der Waals surface area contributed by atoms with Crippen molar-refractivity contribution in [2.75, 3.05) is 26.3 Å². The lowest BCUT2D eigenvalue weighted by atomic mass is 9.92. The summed E-state index contributed by atoms with van der Waals surface area (Å²) in [5.74, 6) is 1.10. The van der Waals surface area contributed by atoms with Gasteiger partial charge >= 0.3 is 5.96 Å². The maximum atomic E-state index is 6.82. The van der Waals surface area contributed by atoms with Crippen LogP contribution in [0.1, 0.15) is 92.9 Å². The minimum absolute atomic E-state index is 0.151. The Kier molecular flexibility index (Phi) is 8.63. The van der Waals surface area contributed by atoms with Gasteiger partial charge in [-0.15, -0.1) is 0 Å². The Bertz CT molecular complexity index is 814. The third-order valence-corrected chi connectivity index (χ3v) is 19.5. The molecule has 2 fully saturated rings. The zero-order valence-corrected chi connectivity index (χ0v) is 28.2. The van der Waals surface area contributed by atoms with E-state index in [4.69, 9.17) is 18.3 Å². The molecule has 4 aliphatic heterocycles. The Balaban J connectivity index is 1.37. The highest BCUT2D eigenvalue weighted by Gasteiger charge is 2.51. The highest BCUT2D eigenvalue weighted by atomic mass is 28.4. The molecule has 0 aromatic heterocycles. The van der Waals surface area contributed by atoms with Crippen LogP contribution in [-0.2, 0) is 18.3 Å². The van der Waals surface area contributed by atoms with Gasteiger partial charge in [-0.25, -0.2) is 10.6 Å². The van der Waals surface area contributed by atoms with E-state index < -0.39 is 16.6 Å². The smallest absolute Gasteiger partial charge is 0.350 e. The number of rotatable bonds is 6. The molecule has 0 saturated carbocycles. The van der Waals surface area contributed by atoms with Crippen LogP contribution in [-0.4, -0.2) is 77.1 Å². The third kappa shape index (κ3) is 6.70. The first-order valence-electron chi connectivity index (χ1n) is 15.3. The molecule has 4 rings (SSSR count). The van der Waals surface area contributed by atoms with Crippen molar-refractivity contribution in [1.29, 1.82) is 0 Å². The maximum absolute atomic E-state index is 6.82. The van der Waals surface area contributed by atoms with Crippen molar-refractivity contribution >= 4 is 22.6 Å². The van der Waals surface area contributed by atoms with Crippen molar-refractivity contribution in [1.82, 2.24) is 10.6 Å². The highest BCUT2D eigenvalue weighted by molar-refractivity contribution is 6.74. The van der Waals surface area contributed by atoms with Crippen molar-refractivity contribution in [2.24, 2.45) is 0 Å². The third-order valence-electron chi connectivity index (χ3n) is 10.5. The Morgan fingerprint density at radius 2 is 1.13 bits per heavy atom. The molecule has 2 N–H and O–H groups in total. The van der Waals surface area contributed by atoms with Crippen LogP contribution in [0.2, 0.25) is 36.3 Å². The molecule has 0 aromatic rings. The Morgan fingerprint density at radius 3 is 1.50 bits per heavy atom. The average Bonchev–Trinajstić information content (AvgIpc) is 2.80. The van der Waals surface area contributed by atoms with Crippen LogP contribution in [0.4, 0.5) is 0 Å². The summed E-state index contributed by atoms with van der Waals surface area (Å²) in [7, 11) is -3.58. The van der Waals surface area contributed by atoms with Crippen LogP contribution in [0.15, 0.2) is 0 Å². The molecule has 0 bridgehead atoms. The molecule has 4 aliphatic rings. The zero-order valence-electron chi connectivity index (χ0n) is 26.2. The number of nitrogens with one attached hydrogen (secondary N) is 2. The van der Waals surface area contributed by atoms with Gasteiger partial charge in [0.05, 0.1) is 38.5 Å². The van der Waals surface area contributed by atoms with Gasteiger partial charge in [0, 0.05) is 25.7 Å². The van der Waals surface area contributed by atoms with Gasteiger partial charge < -0.3 is 18.3 Å². The summed E-state index contributed by atoms with van der Waals surface area (Å²) in [5.41, 5.74) is -0.618. The van der Waals surface area contributed by atoms with Gasteiger partial charge in [0.15, 0.2) is 28.1 Å². The van der Waals surface area contributed by atoms with Crippen LogP contribution < -0.4 is 10.6 Å². The lowest BCUT2D eigenvalue weighted by molar-refractivity contribution is -0.554. The van der Waals surface area contributed by atoms with Gasteiger partial charge in [-0.2, -0.15) is 0 Å². The van der Waals surface area contributed by atoms with Crippen molar-refractivity contribution in [2.45, 2.75) is 153 Å². The minimum Gasteiger partial charge on any atom is -0.414 e. The van der Waals surface area contributed by atoms with Crippen LogP contribution in [0.3, 0.4) is 0 Å². The first kappa shape index (κ1) is 30.5. The van der Waals surface area contributed by atoms with Gasteiger partial charge in [-0.05, 0) is 61.9 Å². The molecule has 0 unspecified atom stereocenters. The second-order valence-corrected chi connectivity index (χ2v) is 25.1. The molecular formula is C29H58N3O4Si2+. The molecule has 7 nitrogen and oxygen atoms in total. The number of ether oxygens (including phenoxy) is 2. The fourth-order valence-corrected chi connectivity index (χ4v) is 7.71. The summed E-state index contributed by atoms with van der Waals surface area (Å²) < 4.78 is 29.2. The standard InChI is InChI=1S/C29H57N3O4Si2/c1-26(2,3)37(7,8)33-21-23-13-11-15-28(35-23)17-19-32-20-18-29(31-25(32)30-28)16-12-14-24(36-29)22-34-38(9,10)27(4,5)6/h23-24H,11-22H2,1-10H3,(H,30,31)/p+1/t23-,24-,28-,29+/m0/s1. The molecule has 2 spiro atoms. The predicted octanol–water partition coefficient (Wildman–Crippen LogP) is 5.92. The molecule has 4 atom stereocenters. The summed E-state index contributed by atoms with van der Waals surface area (Å²) in [6.45, 7) is 26.6. The maximum Gasteiger partial charge on any atom is 0.350 e. The topological polar surface area (TPSA) is 64.0 Å². The van der Waals surface area contributed by atoms with E-state index in [1.54, 1.807) is 0 Å². The first-order valence-corrected chi connectivity index (χ1v) is 21.1. The summed E-state index contributed by atoms with van der Waals surface area (Å²) in [4.78, 5) is 0. The molecule has 38 heavy (non-hydrogen) atoms. The average molecular weight is 569 g/mol. The van der Waals surface area contributed by atoms with Crippen LogP contribution >= 0.6 is 0 Å². The number of hydrogen-bond donors (Lipinski definition) is 2. The van der Waals surface area contributed by atoms with Gasteiger partial charge in [0.1, 0.15) is 0 Å². The predicted molar refractivity (Wildman–Crippen MR) is 160 cm³/mol. The lowest BCUT2D eigenvalue weighted by Gasteiger charge is -2.48. The minimum atomic E-state index is -1.79. The molecule has 0 aliphatic carbocycles. The SMILES string of the molecule is CC(C)(C)[Si](C)(C)OC[C@@H]1CCC[C@@]2(CC[N+]3=C(N2)N[C@@]2(CCC[C@@H](CO[Si](C)(C)C(C)(C)C)O2)CC3)O1. The fraction of sp³-hybridized carbons (Fsp3) is 0.966. The Morgan fingerprint density at radius 1 is 0.737 bits per heavy atom. The van der Waals surface area contributed by atoms with E-state index in [9.17, 15) is 0 Å². The van der Waals surface area contributed by atoms with Crippen LogP contribution in [0.25, 0.3) is 0 Å². The monoisotopic (exact) mass is 568 g/mol. The molecule has 0 radical (unpaired) electrons. The highest BCUT2D eigenvalue weighted by Crippen LogP contribution is 2.40. The summed E-state index contributed by atoms with van der Waals surface area (Å²) in [5, 5.41) is 8.13. The number of hydrogen-bond acceptors (Lipinski definition) is 6. The normalized spacial score (nSPS) is 33.2.